The third-order valence-corrected chi connectivity index (χ3v) is 6.97. The highest BCUT2D eigenvalue weighted by molar-refractivity contribution is 5.90. The van der Waals surface area contributed by atoms with Crippen LogP contribution in [-0.4, -0.2) is 75.6 Å². The number of phenols is 1. The fourth-order valence-corrected chi connectivity index (χ4v) is 4.93. The molecule has 210 valence electrons. The number of amides is 4. The Morgan fingerprint density at radius 2 is 1.62 bits per heavy atom. The van der Waals surface area contributed by atoms with Crippen molar-refractivity contribution in [2.45, 2.75) is 38.6 Å². The summed E-state index contributed by atoms with van der Waals surface area (Å²) in [4.78, 5) is 43.7. The van der Waals surface area contributed by atoms with Crippen molar-refractivity contribution in [2.24, 2.45) is 0 Å². The van der Waals surface area contributed by atoms with E-state index in [0.29, 0.717) is 6.54 Å². The summed E-state index contributed by atoms with van der Waals surface area (Å²) in [6, 6.07) is 20.5. The lowest BCUT2D eigenvalue weighted by molar-refractivity contribution is -0.171. The summed E-state index contributed by atoms with van der Waals surface area (Å²) in [6.45, 7) is 2.12. The molecule has 0 aromatic heterocycles. The second-order valence-corrected chi connectivity index (χ2v) is 9.94. The van der Waals surface area contributed by atoms with Gasteiger partial charge in [-0.15, -0.1) is 0 Å². The molecule has 9 nitrogen and oxygen atoms in total. The summed E-state index contributed by atoms with van der Waals surface area (Å²) >= 11 is 0. The summed E-state index contributed by atoms with van der Waals surface area (Å²) in [5.74, 6) is -0.827. The number of nitrogens with zero attached hydrogens (tertiary/aromatic N) is 4. The minimum atomic E-state index is -0.901. The first-order valence-corrected chi connectivity index (χ1v) is 13.0. The van der Waals surface area contributed by atoms with Crippen LogP contribution >= 0.6 is 0 Å². The van der Waals surface area contributed by atoms with Gasteiger partial charge in [-0.05, 0) is 47.9 Å². The molecule has 10 heteroatoms. The van der Waals surface area contributed by atoms with Gasteiger partial charge >= 0.3 is 6.03 Å². The molecule has 1 aliphatic rings. The largest absolute Gasteiger partial charge is 0.508 e. The van der Waals surface area contributed by atoms with Crippen molar-refractivity contribution in [3.8, 4) is 5.75 Å². The highest BCUT2D eigenvalue weighted by atomic mass is 19.1. The number of likely N-dealkylation sites (N-methyl/N-ethyl adjacent to an activating group) is 2. The van der Waals surface area contributed by atoms with Crippen LogP contribution in [0.2, 0.25) is 0 Å². The number of hydrogen-bond donors (Lipinski definition) is 2. The number of nitrogens with one attached hydrogen (secondary N) is 1. The first kappa shape index (κ1) is 28.6. The van der Waals surface area contributed by atoms with E-state index in [1.165, 1.54) is 39.2 Å². The van der Waals surface area contributed by atoms with Crippen LogP contribution in [0.1, 0.15) is 23.6 Å². The number of rotatable bonds is 8. The number of benzene rings is 3. The van der Waals surface area contributed by atoms with Crippen LogP contribution in [-0.2, 0) is 29.1 Å². The van der Waals surface area contributed by atoms with E-state index in [4.69, 9.17) is 0 Å². The second-order valence-electron chi connectivity index (χ2n) is 9.94. The molecule has 3 aromatic rings. The molecule has 1 saturated heterocycles. The molecule has 1 fully saturated rings. The maximum absolute atomic E-state index is 13.9. The van der Waals surface area contributed by atoms with Crippen LogP contribution in [0.5, 0.6) is 5.75 Å². The molecule has 3 aromatic carbocycles. The Kier molecular flexibility index (Phi) is 9.00. The third kappa shape index (κ3) is 6.76. The summed E-state index contributed by atoms with van der Waals surface area (Å²) in [7, 11) is 3.33. The Morgan fingerprint density at radius 1 is 1.00 bits per heavy atom. The normalized spacial score (nSPS) is 16.5. The number of carbonyl (C=O) groups is 3. The number of phenolic OH excluding ortho intramolecular Hbond substituents is 1. The van der Waals surface area contributed by atoms with Gasteiger partial charge in [-0.1, -0.05) is 54.6 Å². The predicted octanol–water partition coefficient (Wildman–Crippen LogP) is 3.35. The Morgan fingerprint density at radius 3 is 2.27 bits per heavy atom. The lowest BCUT2D eigenvalue weighted by Crippen LogP contribution is -2.69. The molecule has 2 atom stereocenters. The molecule has 0 aliphatic carbocycles. The quantitative estimate of drug-likeness (QED) is 0.451. The average molecular weight is 548 g/mol. The highest BCUT2D eigenvalue weighted by Crippen LogP contribution is 2.24. The van der Waals surface area contributed by atoms with E-state index in [1.807, 2.05) is 30.3 Å². The minimum Gasteiger partial charge on any atom is -0.508 e. The molecule has 4 amide bonds. The average Bonchev–Trinajstić information content (AvgIpc) is 2.93. The molecule has 0 bridgehead atoms. The van der Waals surface area contributed by atoms with Crippen molar-refractivity contribution in [1.82, 2.24) is 25.1 Å². The topological polar surface area (TPSA) is 96.4 Å². The maximum Gasteiger partial charge on any atom is 0.334 e. The summed E-state index contributed by atoms with van der Waals surface area (Å²) in [5, 5.41) is 15.5. The van der Waals surface area contributed by atoms with Crippen molar-refractivity contribution < 1.29 is 23.9 Å². The molecule has 1 heterocycles. The van der Waals surface area contributed by atoms with Crippen molar-refractivity contribution in [3.63, 3.8) is 0 Å². The van der Waals surface area contributed by atoms with Crippen LogP contribution in [0.15, 0.2) is 78.9 Å². The number of hydrazine groups is 1. The van der Waals surface area contributed by atoms with E-state index in [2.05, 4.69) is 5.32 Å². The number of halogens is 1. The molecular weight excluding hydrogens is 513 g/mol. The number of aromatic hydroxyl groups is 1. The SMILES string of the molecule is C[C@H]1N([C@@H](Cc2ccc(O)cc2)C(=O)N(C)Cc2ccccc2)C(=O)CN(C)N1C(=O)NCc1ccc(F)cc1. The van der Waals surface area contributed by atoms with E-state index < -0.39 is 18.2 Å². The zero-order valence-corrected chi connectivity index (χ0v) is 22.8. The zero-order valence-electron chi connectivity index (χ0n) is 22.8. The van der Waals surface area contributed by atoms with Crippen molar-refractivity contribution in [2.75, 3.05) is 20.6 Å². The molecule has 40 heavy (non-hydrogen) atoms. The van der Waals surface area contributed by atoms with Gasteiger partial charge < -0.3 is 20.2 Å². The van der Waals surface area contributed by atoms with Crippen LogP contribution in [0, 0.1) is 5.82 Å². The van der Waals surface area contributed by atoms with Gasteiger partial charge in [0.2, 0.25) is 11.8 Å². The van der Waals surface area contributed by atoms with Gasteiger partial charge in [-0.2, -0.15) is 0 Å². The molecule has 2 N–H and O–H groups in total. The molecule has 1 aliphatic heterocycles. The van der Waals surface area contributed by atoms with Gasteiger partial charge in [-0.25, -0.2) is 19.2 Å². The van der Waals surface area contributed by atoms with Gasteiger partial charge in [0.15, 0.2) is 0 Å². The third-order valence-electron chi connectivity index (χ3n) is 6.97. The maximum atomic E-state index is 13.9. The number of urea groups is 1. The number of hydrogen-bond acceptors (Lipinski definition) is 5. The fraction of sp³-hybridized carbons (Fsp3) is 0.300. The fourth-order valence-electron chi connectivity index (χ4n) is 4.93. The van der Waals surface area contributed by atoms with E-state index in [9.17, 15) is 23.9 Å². The molecule has 4 rings (SSSR count). The molecule has 0 radical (unpaired) electrons. The first-order chi connectivity index (χ1) is 19.1. The van der Waals surface area contributed by atoms with Crippen molar-refractivity contribution >= 4 is 17.8 Å². The molecule has 0 unspecified atom stereocenters. The smallest absolute Gasteiger partial charge is 0.334 e. The Hall–Kier alpha value is -4.44. The van der Waals surface area contributed by atoms with Crippen LogP contribution in [0.4, 0.5) is 9.18 Å². The lowest BCUT2D eigenvalue weighted by atomic mass is 10.0. The van der Waals surface area contributed by atoms with Gasteiger partial charge in [0.1, 0.15) is 23.8 Å². The van der Waals surface area contributed by atoms with E-state index >= 15 is 0 Å². The molecular formula is C30H34FN5O4. The van der Waals surface area contributed by atoms with Gasteiger partial charge in [0.25, 0.3) is 0 Å². The predicted molar refractivity (Wildman–Crippen MR) is 148 cm³/mol. The van der Waals surface area contributed by atoms with E-state index in [0.717, 1.165) is 16.7 Å². The number of carbonyl (C=O) groups excluding carboxylic acids is 3. The van der Waals surface area contributed by atoms with Crippen molar-refractivity contribution in [3.05, 3.63) is 101 Å². The van der Waals surface area contributed by atoms with E-state index in [-0.39, 0.29) is 42.9 Å². The van der Waals surface area contributed by atoms with Crippen LogP contribution in [0.25, 0.3) is 0 Å². The van der Waals surface area contributed by atoms with Gasteiger partial charge in [0, 0.05) is 33.6 Å². The minimum absolute atomic E-state index is 0.0980. The Balaban J connectivity index is 1.58. The van der Waals surface area contributed by atoms with E-state index in [1.54, 1.807) is 50.2 Å². The second kappa shape index (κ2) is 12.6. The zero-order chi connectivity index (χ0) is 28.8. The first-order valence-electron chi connectivity index (χ1n) is 13.0. The summed E-state index contributed by atoms with van der Waals surface area (Å²) in [6.07, 6.45) is -0.584. The monoisotopic (exact) mass is 547 g/mol. The standard InChI is InChI=1S/C30H34FN5O4/c1-21-35(28(38)20-34(3)36(21)30(40)32-18-23-9-13-25(31)14-10-23)27(17-22-11-15-26(37)16-12-22)29(39)33(2)19-24-7-5-4-6-8-24/h4-16,21,27,37H,17-20H2,1-3H3,(H,32,40)/t21-,27-/m0/s1. The molecule has 0 saturated carbocycles. The summed E-state index contributed by atoms with van der Waals surface area (Å²) < 4.78 is 13.3. The van der Waals surface area contributed by atoms with Crippen LogP contribution < -0.4 is 5.32 Å². The van der Waals surface area contributed by atoms with Crippen molar-refractivity contribution in [1.29, 1.82) is 0 Å². The summed E-state index contributed by atoms with van der Waals surface area (Å²) in [5.41, 5.74) is 2.43. The molecule has 0 spiro atoms. The Labute approximate surface area is 233 Å². The van der Waals surface area contributed by atoms with Gasteiger partial charge in [-0.3, -0.25) is 9.59 Å². The highest BCUT2D eigenvalue weighted by Gasteiger charge is 2.44. The lowest BCUT2D eigenvalue weighted by Gasteiger charge is -2.49. The Bertz CT molecular complexity index is 1320. The van der Waals surface area contributed by atoms with Gasteiger partial charge in [0.05, 0.1) is 6.54 Å². The van der Waals surface area contributed by atoms with Crippen LogP contribution in [0.3, 0.4) is 0 Å².